The summed E-state index contributed by atoms with van der Waals surface area (Å²) in [5.41, 5.74) is 3.28. The molecule has 31 heavy (non-hydrogen) atoms. The van der Waals surface area contributed by atoms with Gasteiger partial charge in [-0.05, 0) is 49.7 Å². The van der Waals surface area contributed by atoms with Crippen molar-refractivity contribution >= 4 is 40.6 Å². The van der Waals surface area contributed by atoms with Crippen molar-refractivity contribution in [2.45, 2.75) is 18.7 Å². The molecule has 8 heteroatoms. The number of nitro benzene ring substituents is 1. The van der Waals surface area contributed by atoms with Crippen molar-refractivity contribution in [2.75, 3.05) is 16.4 Å². The highest BCUT2D eigenvalue weighted by Crippen LogP contribution is 2.24. The molecule has 0 aliphatic heterocycles. The fourth-order valence-corrected chi connectivity index (χ4v) is 3.60. The van der Waals surface area contributed by atoms with Gasteiger partial charge < -0.3 is 10.6 Å². The number of non-ortho nitro benzene ring substituents is 1. The van der Waals surface area contributed by atoms with E-state index in [1.165, 1.54) is 23.9 Å². The van der Waals surface area contributed by atoms with E-state index in [4.69, 9.17) is 0 Å². The Bertz CT molecular complexity index is 1150. The molecule has 0 aliphatic rings. The van der Waals surface area contributed by atoms with Gasteiger partial charge in [0.25, 0.3) is 11.6 Å². The highest BCUT2D eigenvalue weighted by Gasteiger charge is 2.12. The number of thioether (sulfide) groups is 1. The van der Waals surface area contributed by atoms with Gasteiger partial charge in [0.05, 0.1) is 16.4 Å². The fraction of sp³-hybridized carbons (Fsp3) is 0.130. The van der Waals surface area contributed by atoms with E-state index in [1.807, 2.05) is 31.2 Å². The summed E-state index contributed by atoms with van der Waals surface area (Å²) in [6.45, 7) is 3.70. The zero-order chi connectivity index (χ0) is 22.4. The van der Waals surface area contributed by atoms with Crippen LogP contribution >= 0.6 is 11.8 Å². The second-order valence-electron chi connectivity index (χ2n) is 6.94. The topological polar surface area (TPSA) is 101 Å². The maximum atomic E-state index is 12.4. The van der Waals surface area contributed by atoms with Gasteiger partial charge in [-0.25, -0.2) is 0 Å². The third-order valence-corrected chi connectivity index (χ3v) is 5.44. The lowest BCUT2D eigenvalue weighted by Crippen LogP contribution is -2.15. The molecule has 0 aliphatic carbocycles. The summed E-state index contributed by atoms with van der Waals surface area (Å²) in [4.78, 5) is 36.0. The predicted molar refractivity (Wildman–Crippen MR) is 123 cm³/mol. The molecule has 0 atom stereocenters. The van der Waals surface area contributed by atoms with Crippen molar-refractivity contribution in [1.82, 2.24) is 0 Å². The lowest BCUT2D eigenvalue weighted by Gasteiger charge is -2.09. The first-order chi connectivity index (χ1) is 14.8. The van der Waals surface area contributed by atoms with Crippen molar-refractivity contribution in [1.29, 1.82) is 0 Å². The zero-order valence-electron chi connectivity index (χ0n) is 17.0. The molecule has 7 nitrogen and oxygen atoms in total. The van der Waals surface area contributed by atoms with Crippen LogP contribution in [0.5, 0.6) is 0 Å². The van der Waals surface area contributed by atoms with Gasteiger partial charge in [0, 0.05) is 28.3 Å². The summed E-state index contributed by atoms with van der Waals surface area (Å²) in [6, 6.07) is 18.9. The van der Waals surface area contributed by atoms with Gasteiger partial charge >= 0.3 is 0 Å². The largest absolute Gasteiger partial charge is 0.325 e. The van der Waals surface area contributed by atoms with Crippen LogP contribution in [0.25, 0.3) is 0 Å². The molecule has 0 saturated carbocycles. The minimum atomic E-state index is -0.500. The smallest absolute Gasteiger partial charge is 0.271 e. The number of nitro groups is 1. The Balaban J connectivity index is 1.60. The summed E-state index contributed by atoms with van der Waals surface area (Å²) in [6.07, 6.45) is 0. The Kier molecular flexibility index (Phi) is 7.04. The van der Waals surface area contributed by atoms with Crippen LogP contribution in [0.3, 0.4) is 0 Å². The summed E-state index contributed by atoms with van der Waals surface area (Å²) in [5, 5.41) is 16.5. The van der Waals surface area contributed by atoms with Crippen LogP contribution in [0.1, 0.15) is 21.5 Å². The van der Waals surface area contributed by atoms with Crippen molar-refractivity contribution in [2.24, 2.45) is 0 Å². The quantitative estimate of drug-likeness (QED) is 0.302. The van der Waals surface area contributed by atoms with Gasteiger partial charge in [-0.15, -0.1) is 11.8 Å². The summed E-state index contributed by atoms with van der Waals surface area (Å²) >= 11 is 1.31. The van der Waals surface area contributed by atoms with Crippen LogP contribution in [0.4, 0.5) is 17.1 Å². The van der Waals surface area contributed by atoms with Gasteiger partial charge in [0.2, 0.25) is 5.91 Å². The molecule has 3 rings (SSSR count). The first-order valence-electron chi connectivity index (χ1n) is 9.47. The SMILES string of the molecule is Cc1cccc(C(=O)Nc2cccc(SCC(=O)Nc3cc([N+](=O)[O-])ccc3C)c2)c1. The average Bonchev–Trinajstić information content (AvgIpc) is 2.74. The molecular weight excluding hydrogens is 414 g/mol. The number of carbonyl (C=O) groups is 2. The minimum absolute atomic E-state index is 0.0781. The van der Waals surface area contributed by atoms with Crippen molar-refractivity contribution in [3.63, 3.8) is 0 Å². The molecule has 158 valence electrons. The van der Waals surface area contributed by atoms with E-state index in [1.54, 1.807) is 37.3 Å². The Morgan fingerprint density at radius 3 is 2.48 bits per heavy atom. The number of benzene rings is 3. The lowest BCUT2D eigenvalue weighted by atomic mass is 10.1. The number of hydrogen-bond acceptors (Lipinski definition) is 5. The molecule has 0 aromatic heterocycles. The second kappa shape index (κ2) is 9.90. The normalized spacial score (nSPS) is 10.4. The number of carbonyl (C=O) groups excluding carboxylic acids is 2. The van der Waals surface area contributed by atoms with Crippen LogP contribution < -0.4 is 10.6 Å². The van der Waals surface area contributed by atoms with Crippen molar-refractivity contribution in [3.05, 3.63) is 93.5 Å². The number of aryl methyl sites for hydroxylation is 2. The first kappa shape index (κ1) is 22.0. The second-order valence-corrected chi connectivity index (χ2v) is 7.99. The van der Waals surface area contributed by atoms with Crippen molar-refractivity contribution < 1.29 is 14.5 Å². The molecule has 0 saturated heterocycles. The molecule has 0 unspecified atom stereocenters. The molecule has 0 fully saturated rings. The van der Waals surface area contributed by atoms with E-state index in [2.05, 4.69) is 10.6 Å². The molecule has 3 aromatic carbocycles. The third kappa shape index (κ3) is 6.16. The predicted octanol–water partition coefficient (Wildman–Crippen LogP) is 5.19. The van der Waals surface area contributed by atoms with E-state index in [-0.39, 0.29) is 23.3 Å². The molecule has 2 amide bonds. The van der Waals surface area contributed by atoms with Gasteiger partial charge in [-0.2, -0.15) is 0 Å². The van der Waals surface area contributed by atoms with Crippen LogP contribution in [0.15, 0.2) is 71.6 Å². The summed E-state index contributed by atoms with van der Waals surface area (Å²) in [5.74, 6) is -0.357. The average molecular weight is 436 g/mol. The van der Waals surface area contributed by atoms with Crippen LogP contribution in [0, 0.1) is 24.0 Å². The van der Waals surface area contributed by atoms with Gasteiger partial charge in [0.15, 0.2) is 0 Å². The highest BCUT2D eigenvalue weighted by molar-refractivity contribution is 8.00. The molecule has 3 aromatic rings. The minimum Gasteiger partial charge on any atom is -0.325 e. The molecule has 2 N–H and O–H groups in total. The number of anilines is 2. The number of nitrogens with zero attached hydrogens (tertiary/aromatic N) is 1. The van der Waals surface area contributed by atoms with Crippen LogP contribution in [-0.2, 0) is 4.79 Å². The molecular formula is C23H21N3O4S. The van der Waals surface area contributed by atoms with E-state index >= 15 is 0 Å². The maximum absolute atomic E-state index is 12.4. The number of amides is 2. The summed E-state index contributed by atoms with van der Waals surface area (Å²) in [7, 11) is 0. The van der Waals surface area contributed by atoms with Crippen LogP contribution in [-0.4, -0.2) is 22.5 Å². The lowest BCUT2D eigenvalue weighted by molar-refractivity contribution is -0.384. The standard InChI is InChI=1S/C23H21N3O4S/c1-15-5-3-6-17(11-15)23(28)24-18-7-4-8-20(12-18)31-14-22(27)25-21-13-19(26(29)30)10-9-16(21)2/h3-13H,14H2,1-2H3,(H,24,28)(H,25,27). The Morgan fingerprint density at radius 1 is 0.968 bits per heavy atom. The fourth-order valence-electron chi connectivity index (χ4n) is 2.85. The van der Waals surface area contributed by atoms with Gasteiger partial charge in [-0.3, -0.25) is 19.7 Å². The highest BCUT2D eigenvalue weighted by atomic mass is 32.2. The van der Waals surface area contributed by atoms with Gasteiger partial charge in [0.1, 0.15) is 0 Å². The Labute approximate surface area is 184 Å². The van der Waals surface area contributed by atoms with Crippen molar-refractivity contribution in [3.8, 4) is 0 Å². The monoisotopic (exact) mass is 435 g/mol. The maximum Gasteiger partial charge on any atom is 0.271 e. The summed E-state index contributed by atoms with van der Waals surface area (Å²) < 4.78 is 0. The molecule has 0 bridgehead atoms. The van der Waals surface area contributed by atoms with Gasteiger partial charge in [-0.1, -0.05) is 29.8 Å². The molecule has 0 heterocycles. The van der Waals surface area contributed by atoms with E-state index in [9.17, 15) is 19.7 Å². The Morgan fingerprint density at radius 2 is 1.74 bits per heavy atom. The number of rotatable bonds is 7. The van der Waals surface area contributed by atoms with E-state index < -0.39 is 4.92 Å². The number of nitrogens with one attached hydrogen (secondary N) is 2. The third-order valence-electron chi connectivity index (χ3n) is 4.45. The number of hydrogen-bond donors (Lipinski definition) is 2. The molecule has 0 spiro atoms. The van der Waals surface area contributed by atoms with E-state index in [0.29, 0.717) is 16.9 Å². The first-order valence-corrected chi connectivity index (χ1v) is 10.5. The Hall–Kier alpha value is -3.65. The van der Waals surface area contributed by atoms with E-state index in [0.717, 1.165) is 16.0 Å². The molecule has 0 radical (unpaired) electrons. The van der Waals surface area contributed by atoms with Crippen LogP contribution in [0.2, 0.25) is 0 Å². The zero-order valence-corrected chi connectivity index (χ0v) is 17.9.